The zero-order valence-electron chi connectivity index (χ0n) is 12.8. The normalized spacial score (nSPS) is 10.2. The summed E-state index contributed by atoms with van der Waals surface area (Å²) in [6, 6.07) is 5.51. The number of hydrogen-bond donors (Lipinski definition) is 1. The van der Waals surface area contributed by atoms with Gasteiger partial charge in [-0.1, -0.05) is 6.07 Å². The molecule has 1 rings (SSSR count). The molecule has 6 nitrogen and oxygen atoms in total. The molecule has 0 radical (unpaired) electrons. The third-order valence-corrected chi connectivity index (χ3v) is 2.72. The molecule has 0 bridgehead atoms. The summed E-state index contributed by atoms with van der Waals surface area (Å²) in [5.41, 5.74) is 0.941. The lowest BCUT2D eigenvalue weighted by Crippen LogP contribution is -2.20. The lowest BCUT2D eigenvalue weighted by molar-refractivity contribution is -0.145. The van der Waals surface area contributed by atoms with E-state index in [1.165, 1.54) is 0 Å². The van der Waals surface area contributed by atoms with Gasteiger partial charge in [-0.3, -0.25) is 0 Å². The molecule has 0 atom stereocenters. The summed E-state index contributed by atoms with van der Waals surface area (Å²) in [7, 11) is 3.24. The van der Waals surface area contributed by atoms with Crippen molar-refractivity contribution in [2.45, 2.75) is 13.5 Å². The van der Waals surface area contributed by atoms with Crippen LogP contribution in [-0.4, -0.2) is 46.6 Å². The van der Waals surface area contributed by atoms with Crippen molar-refractivity contribution in [3.63, 3.8) is 0 Å². The monoisotopic (exact) mass is 297 g/mol. The van der Waals surface area contributed by atoms with E-state index in [9.17, 15) is 4.79 Å². The Morgan fingerprint density at radius 2 is 2.10 bits per heavy atom. The molecular weight excluding hydrogens is 274 g/mol. The zero-order chi connectivity index (χ0) is 15.5. The number of esters is 1. The number of hydrogen-bond acceptors (Lipinski definition) is 6. The molecule has 1 N–H and O–H groups in total. The van der Waals surface area contributed by atoms with Gasteiger partial charge >= 0.3 is 5.97 Å². The Morgan fingerprint density at radius 3 is 2.76 bits per heavy atom. The molecule has 0 fully saturated rings. The minimum atomic E-state index is -0.390. The standard InChI is InChI=1S/C15H23NO5/c1-4-20-15(17)11-21-14-9-13(19-3)6-5-12(14)10-16-7-8-18-2/h5-6,9,16H,4,7-8,10-11H2,1-3H3. The van der Waals surface area contributed by atoms with Crippen LogP contribution in [0.4, 0.5) is 0 Å². The predicted octanol–water partition coefficient (Wildman–Crippen LogP) is 1.37. The largest absolute Gasteiger partial charge is 0.497 e. The van der Waals surface area contributed by atoms with Crippen LogP contribution < -0.4 is 14.8 Å². The minimum Gasteiger partial charge on any atom is -0.497 e. The van der Waals surface area contributed by atoms with Gasteiger partial charge in [0.05, 0.1) is 20.3 Å². The molecule has 0 heterocycles. The smallest absolute Gasteiger partial charge is 0.344 e. The third-order valence-electron chi connectivity index (χ3n) is 2.72. The number of nitrogens with one attached hydrogen (secondary N) is 1. The molecule has 0 aliphatic heterocycles. The number of ether oxygens (including phenoxy) is 4. The molecular formula is C15H23NO5. The highest BCUT2D eigenvalue weighted by Crippen LogP contribution is 2.24. The van der Waals surface area contributed by atoms with Gasteiger partial charge in [0.25, 0.3) is 0 Å². The lowest BCUT2D eigenvalue weighted by atomic mass is 10.2. The molecule has 0 saturated carbocycles. The van der Waals surface area contributed by atoms with Crippen LogP contribution in [0.25, 0.3) is 0 Å². The maximum absolute atomic E-state index is 11.4. The molecule has 118 valence electrons. The highest BCUT2D eigenvalue weighted by molar-refractivity contribution is 5.71. The predicted molar refractivity (Wildman–Crippen MR) is 78.7 cm³/mol. The van der Waals surface area contributed by atoms with Gasteiger partial charge in [-0.2, -0.15) is 0 Å². The van der Waals surface area contributed by atoms with Crippen molar-refractivity contribution >= 4 is 5.97 Å². The Kier molecular flexibility index (Phi) is 8.23. The van der Waals surface area contributed by atoms with Crippen LogP contribution in [0.15, 0.2) is 18.2 Å². The lowest BCUT2D eigenvalue weighted by Gasteiger charge is -2.13. The van der Waals surface area contributed by atoms with Gasteiger partial charge < -0.3 is 24.3 Å². The molecule has 6 heteroatoms. The summed E-state index contributed by atoms with van der Waals surface area (Å²) < 4.78 is 20.5. The quantitative estimate of drug-likeness (QED) is 0.520. The average molecular weight is 297 g/mol. The van der Waals surface area contributed by atoms with Crippen molar-refractivity contribution in [3.05, 3.63) is 23.8 Å². The first kappa shape index (κ1) is 17.3. The Bertz CT molecular complexity index is 436. The molecule has 0 spiro atoms. The maximum atomic E-state index is 11.4. The fourth-order valence-electron chi connectivity index (χ4n) is 1.68. The van der Waals surface area contributed by atoms with E-state index in [1.54, 1.807) is 27.2 Å². The van der Waals surface area contributed by atoms with Crippen molar-refractivity contribution in [3.8, 4) is 11.5 Å². The molecule has 0 aliphatic carbocycles. The van der Waals surface area contributed by atoms with Gasteiger partial charge in [-0.15, -0.1) is 0 Å². The third kappa shape index (κ3) is 6.46. The second-order valence-corrected chi connectivity index (χ2v) is 4.24. The summed E-state index contributed by atoms with van der Waals surface area (Å²) in [4.78, 5) is 11.4. The van der Waals surface area contributed by atoms with E-state index in [4.69, 9.17) is 18.9 Å². The number of rotatable bonds is 10. The summed E-state index contributed by atoms with van der Waals surface area (Å²) in [6.45, 7) is 3.97. The first-order valence-corrected chi connectivity index (χ1v) is 6.86. The zero-order valence-corrected chi connectivity index (χ0v) is 12.8. The molecule has 0 aliphatic rings. The molecule has 21 heavy (non-hydrogen) atoms. The summed E-state index contributed by atoms with van der Waals surface area (Å²) in [5, 5.41) is 3.23. The Balaban J connectivity index is 2.65. The van der Waals surface area contributed by atoms with E-state index >= 15 is 0 Å². The van der Waals surface area contributed by atoms with E-state index in [-0.39, 0.29) is 6.61 Å². The SMILES string of the molecule is CCOC(=O)COc1cc(OC)ccc1CNCCOC. The highest BCUT2D eigenvalue weighted by Gasteiger charge is 2.09. The number of carbonyl (C=O) groups is 1. The Labute approximate surface area is 125 Å². The topological polar surface area (TPSA) is 66.0 Å². The van der Waals surface area contributed by atoms with E-state index in [2.05, 4.69) is 5.32 Å². The number of carbonyl (C=O) groups excluding carboxylic acids is 1. The Hall–Kier alpha value is -1.79. The van der Waals surface area contributed by atoms with E-state index in [0.717, 1.165) is 12.1 Å². The summed E-state index contributed by atoms with van der Waals surface area (Å²) >= 11 is 0. The van der Waals surface area contributed by atoms with Crippen molar-refractivity contribution in [2.75, 3.05) is 40.6 Å². The molecule has 0 amide bonds. The van der Waals surface area contributed by atoms with Crippen LogP contribution in [0.5, 0.6) is 11.5 Å². The molecule has 1 aromatic carbocycles. The summed E-state index contributed by atoms with van der Waals surface area (Å²) in [5.74, 6) is 0.889. The molecule has 1 aromatic rings. The highest BCUT2D eigenvalue weighted by atomic mass is 16.6. The van der Waals surface area contributed by atoms with E-state index in [1.807, 2.05) is 12.1 Å². The van der Waals surface area contributed by atoms with Gasteiger partial charge in [0.15, 0.2) is 6.61 Å². The molecule has 0 aromatic heterocycles. The molecule has 0 saturated heterocycles. The molecule has 0 unspecified atom stereocenters. The first-order valence-electron chi connectivity index (χ1n) is 6.86. The van der Waals surface area contributed by atoms with Crippen LogP contribution in [0, 0.1) is 0 Å². The first-order chi connectivity index (χ1) is 10.2. The minimum absolute atomic E-state index is 0.119. The van der Waals surface area contributed by atoms with E-state index in [0.29, 0.717) is 31.3 Å². The fourth-order valence-corrected chi connectivity index (χ4v) is 1.68. The maximum Gasteiger partial charge on any atom is 0.344 e. The average Bonchev–Trinajstić information content (AvgIpc) is 2.50. The second-order valence-electron chi connectivity index (χ2n) is 4.24. The van der Waals surface area contributed by atoms with Gasteiger partial charge in [-0.25, -0.2) is 4.79 Å². The Morgan fingerprint density at radius 1 is 1.29 bits per heavy atom. The van der Waals surface area contributed by atoms with Crippen molar-refractivity contribution < 1.29 is 23.7 Å². The van der Waals surface area contributed by atoms with E-state index < -0.39 is 5.97 Å². The fraction of sp³-hybridized carbons (Fsp3) is 0.533. The second kappa shape index (κ2) is 10.0. The van der Waals surface area contributed by atoms with Crippen LogP contribution in [0.2, 0.25) is 0 Å². The van der Waals surface area contributed by atoms with Crippen molar-refractivity contribution in [1.29, 1.82) is 0 Å². The van der Waals surface area contributed by atoms with Crippen LogP contribution in [0.1, 0.15) is 12.5 Å². The number of benzene rings is 1. The van der Waals surface area contributed by atoms with Crippen molar-refractivity contribution in [2.24, 2.45) is 0 Å². The van der Waals surface area contributed by atoms with Crippen molar-refractivity contribution in [1.82, 2.24) is 5.32 Å². The van der Waals surface area contributed by atoms with Gasteiger partial charge in [-0.05, 0) is 13.0 Å². The number of methoxy groups -OCH3 is 2. The van der Waals surface area contributed by atoms with Gasteiger partial charge in [0.2, 0.25) is 0 Å². The van der Waals surface area contributed by atoms with Crippen LogP contribution >= 0.6 is 0 Å². The van der Waals surface area contributed by atoms with Crippen LogP contribution in [0.3, 0.4) is 0 Å². The van der Waals surface area contributed by atoms with Crippen LogP contribution in [-0.2, 0) is 20.8 Å². The van der Waals surface area contributed by atoms with Gasteiger partial charge in [0.1, 0.15) is 11.5 Å². The van der Waals surface area contributed by atoms with Gasteiger partial charge in [0, 0.05) is 31.8 Å². The summed E-state index contributed by atoms with van der Waals surface area (Å²) in [6.07, 6.45) is 0.